The van der Waals surface area contributed by atoms with Crippen LogP contribution in [0.4, 0.5) is 0 Å². The van der Waals surface area contributed by atoms with Gasteiger partial charge in [0.1, 0.15) is 5.78 Å². The Morgan fingerprint density at radius 2 is 1.74 bits per heavy atom. The molecule has 0 spiro atoms. The topological polar surface area (TPSA) is 44.9 Å². The van der Waals surface area contributed by atoms with E-state index in [9.17, 15) is 4.79 Å². The first kappa shape index (κ1) is 19.4. The molecule has 3 heteroatoms. The summed E-state index contributed by atoms with van der Waals surface area (Å²) < 4.78 is 0. The minimum absolute atomic E-state index is 0.184. The van der Waals surface area contributed by atoms with E-state index in [-0.39, 0.29) is 5.78 Å². The summed E-state index contributed by atoms with van der Waals surface area (Å²) >= 11 is 0. The highest BCUT2D eigenvalue weighted by Gasteiger charge is 2.27. The SMILES string of the molecule is CNCCc1c(-c2cc(C)cc(C)c2)[nH]c2ccc(C(C)(C)C(C)=O)cc12. The summed E-state index contributed by atoms with van der Waals surface area (Å²) in [6.07, 6.45) is 0.933. The summed E-state index contributed by atoms with van der Waals surface area (Å²) in [5.41, 5.74) is 7.96. The van der Waals surface area contributed by atoms with E-state index in [0.29, 0.717) is 0 Å². The molecule has 0 amide bonds. The number of nitrogens with one attached hydrogen (secondary N) is 2. The summed E-state index contributed by atoms with van der Waals surface area (Å²) in [7, 11) is 1.98. The van der Waals surface area contributed by atoms with Crippen molar-refractivity contribution in [2.75, 3.05) is 13.6 Å². The predicted molar refractivity (Wildman–Crippen MR) is 115 cm³/mol. The highest BCUT2D eigenvalue weighted by Crippen LogP contribution is 2.35. The van der Waals surface area contributed by atoms with Crippen molar-refractivity contribution < 1.29 is 4.79 Å². The van der Waals surface area contributed by atoms with Gasteiger partial charge in [-0.15, -0.1) is 0 Å². The summed E-state index contributed by atoms with van der Waals surface area (Å²) in [6.45, 7) is 10.9. The molecule has 0 atom stereocenters. The minimum Gasteiger partial charge on any atom is -0.354 e. The highest BCUT2D eigenvalue weighted by molar-refractivity contribution is 5.94. The molecule has 0 radical (unpaired) electrons. The average Bonchev–Trinajstić information content (AvgIpc) is 2.96. The van der Waals surface area contributed by atoms with Crippen LogP contribution < -0.4 is 5.32 Å². The van der Waals surface area contributed by atoms with Crippen LogP contribution in [0.25, 0.3) is 22.2 Å². The van der Waals surface area contributed by atoms with Crippen LogP contribution in [0.3, 0.4) is 0 Å². The van der Waals surface area contributed by atoms with E-state index < -0.39 is 5.41 Å². The maximum Gasteiger partial charge on any atom is 0.139 e. The molecule has 0 aliphatic rings. The average molecular weight is 363 g/mol. The van der Waals surface area contributed by atoms with Crippen molar-refractivity contribution in [1.29, 1.82) is 0 Å². The van der Waals surface area contributed by atoms with Gasteiger partial charge in [0.2, 0.25) is 0 Å². The van der Waals surface area contributed by atoms with Gasteiger partial charge in [-0.3, -0.25) is 4.79 Å². The second kappa shape index (κ2) is 7.32. The van der Waals surface area contributed by atoms with E-state index in [0.717, 1.165) is 24.0 Å². The lowest BCUT2D eigenvalue weighted by Crippen LogP contribution is -2.26. The summed E-state index contributed by atoms with van der Waals surface area (Å²) in [6, 6.07) is 13.1. The molecule has 1 aromatic heterocycles. The van der Waals surface area contributed by atoms with Gasteiger partial charge in [0.25, 0.3) is 0 Å². The van der Waals surface area contributed by atoms with Gasteiger partial charge >= 0.3 is 0 Å². The number of carbonyl (C=O) groups is 1. The molecule has 0 saturated heterocycles. The van der Waals surface area contributed by atoms with Crippen LogP contribution in [-0.4, -0.2) is 24.4 Å². The number of H-pyrrole nitrogens is 1. The molecule has 142 valence electrons. The lowest BCUT2D eigenvalue weighted by molar-refractivity contribution is -0.121. The number of hydrogen-bond donors (Lipinski definition) is 2. The fourth-order valence-electron chi connectivity index (χ4n) is 3.71. The monoisotopic (exact) mass is 362 g/mol. The Labute approximate surface area is 162 Å². The number of rotatable bonds is 6. The van der Waals surface area contributed by atoms with Crippen LogP contribution >= 0.6 is 0 Å². The zero-order valence-corrected chi connectivity index (χ0v) is 17.3. The third-order valence-corrected chi connectivity index (χ3v) is 5.64. The molecule has 0 fully saturated rings. The largest absolute Gasteiger partial charge is 0.354 e. The molecule has 27 heavy (non-hydrogen) atoms. The second-order valence-corrected chi connectivity index (χ2v) is 8.15. The van der Waals surface area contributed by atoms with Crippen LogP contribution in [0.15, 0.2) is 36.4 Å². The standard InChI is InChI=1S/C24H30N2O/c1-15-11-16(2)13-18(12-15)23-20(9-10-25-6)21-14-19(7-8-22(21)26-23)24(4,5)17(3)27/h7-8,11-14,25-26H,9-10H2,1-6H3. The number of aryl methyl sites for hydroxylation is 2. The molecule has 0 aliphatic carbocycles. The van der Waals surface area contributed by atoms with Gasteiger partial charge in [-0.05, 0) is 95.6 Å². The quantitative estimate of drug-likeness (QED) is 0.642. The van der Waals surface area contributed by atoms with Gasteiger partial charge in [0, 0.05) is 22.0 Å². The Hall–Kier alpha value is -2.39. The Balaban J connectivity index is 2.23. The van der Waals surface area contributed by atoms with E-state index in [4.69, 9.17) is 0 Å². The highest BCUT2D eigenvalue weighted by atomic mass is 16.1. The first-order valence-corrected chi connectivity index (χ1v) is 9.63. The molecule has 0 saturated carbocycles. The number of ketones is 1. The van der Waals surface area contributed by atoms with Crippen molar-refractivity contribution in [3.63, 3.8) is 0 Å². The molecule has 0 unspecified atom stereocenters. The zero-order chi connectivity index (χ0) is 19.8. The van der Waals surface area contributed by atoms with Crippen molar-refractivity contribution >= 4 is 16.7 Å². The molecule has 2 aromatic carbocycles. The number of aromatic nitrogens is 1. The number of hydrogen-bond acceptors (Lipinski definition) is 2. The third kappa shape index (κ3) is 3.70. The van der Waals surface area contributed by atoms with E-state index in [2.05, 4.69) is 60.5 Å². The molecule has 3 rings (SSSR count). The van der Waals surface area contributed by atoms with E-state index in [1.165, 1.54) is 33.3 Å². The van der Waals surface area contributed by atoms with Gasteiger partial charge in [0.15, 0.2) is 0 Å². The lowest BCUT2D eigenvalue weighted by Gasteiger charge is -2.22. The van der Waals surface area contributed by atoms with Gasteiger partial charge in [0.05, 0.1) is 0 Å². The molecular formula is C24H30N2O. The van der Waals surface area contributed by atoms with Gasteiger partial charge in [-0.1, -0.05) is 23.3 Å². The second-order valence-electron chi connectivity index (χ2n) is 8.15. The Kier molecular flexibility index (Phi) is 5.25. The Morgan fingerprint density at radius 1 is 1.07 bits per heavy atom. The molecule has 0 aliphatic heterocycles. The van der Waals surface area contributed by atoms with E-state index in [1.54, 1.807) is 6.92 Å². The van der Waals surface area contributed by atoms with Crippen LogP contribution in [0.1, 0.15) is 43.0 Å². The number of likely N-dealkylation sites (N-methyl/N-ethyl adjacent to an activating group) is 1. The van der Waals surface area contributed by atoms with Gasteiger partial charge < -0.3 is 10.3 Å². The number of Topliss-reactive ketones (excluding diaryl/α,β-unsaturated/α-hetero) is 1. The van der Waals surface area contributed by atoms with Crippen LogP contribution in [-0.2, 0) is 16.6 Å². The first-order chi connectivity index (χ1) is 12.7. The van der Waals surface area contributed by atoms with Crippen LogP contribution in [0, 0.1) is 13.8 Å². The van der Waals surface area contributed by atoms with Crippen molar-refractivity contribution in [3.05, 3.63) is 58.7 Å². The minimum atomic E-state index is -0.480. The number of aromatic amines is 1. The van der Waals surface area contributed by atoms with Crippen molar-refractivity contribution in [1.82, 2.24) is 10.3 Å². The molecular weight excluding hydrogens is 332 g/mol. The number of fused-ring (bicyclic) bond motifs is 1. The van der Waals surface area contributed by atoms with E-state index >= 15 is 0 Å². The van der Waals surface area contributed by atoms with Crippen LogP contribution in [0.2, 0.25) is 0 Å². The first-order valence-electron chi connectivity index (χ1n) is 9.63. The van der Waals surface area contributed by atoms with Gasteiger partial charge in [-0.25, -0.2) is 0 Å². The predicted octanol–water partition coefficient (Wildman–Crippen LogP) is 5.08. The van der Waals surface area contributed by atoms with Crippen molar-refractivity contribution in [2.45, 2.75) is 46.5 Å². The Bertz CT molecular complexity index is 975. The summed E-state index contributed by atoms with van der Waals surface area (Å²) in [5, 5.41) is 4.48. The normalized spacial score (nSPS) is 11.9. The molecule has 3 aromatic rings. The fourth-order valence-corrected chi connectivity index (χ4v) is 3.71. The summed E-state index contributed by atoms with van der Waals surface area (Å²) in [4.78, 5) is 15.8. The van der Waals surface area contributed by atoms with Crippen LogP contribution in [0.5, 0.6) is 0 Å². The fraction of sp³-hybridized carbons (Fsp3) is 0.375. The van der Waals surface area contributed by atoms with Gasteiger partial charge in [-0.2, -0.15) is 0 Å². The number of benzene rings is 2. The number of carbonyl (C=O) groups excluding carboxylic acids is 1. The zero-order valence-electron chi connectivity index (χ0n) is 17.3. The molecule has 0 bridgehead atoms. The van der Waals surface area contributed by atoms with Crippen molar-refractivity contribution in [3.8, 4) is 11.3 Å². The molecule has 3 nitrogen and oxygen atoms in total. The smallest absolute Gasteiger partial charge is 0.139 e. The molecule has 1 heterocycles. The molecule has 2 N–H and O–H groups in total. The third-order valence-electron chi connectivity index (χ3n) is 5.64. The maximum absolute atomic E-state index is 12.1. The van der Waals surface area contributed by atoms with Crippen molar-refractivity contribution in [2.24, 2.45) is 0 Å². The lowest BCUT2D eigenvalue weighted by atomic mass is 9.80. The Morgan fingerprint density at radius 3 is 2.33 bits per heavy atom. The maximum atomic E-state index is 12.1. The summed E-state index contributed by atoms with van der Waals surface area (Å²) in [5.74, 6) is 0.184. The van der Waals surface area contributed by atoms with E-state index in [1.807, 2.05) is 20.9 Å².